The summed E-state index contributed by atoms with van der Waals surface area (Å²) in [6.07, 6.45) is 0.471. The van der Waals surface area contributed by atoms with Gasteiger partial charge in [-0.1, -0.05) is 12.1 Å². The molecule has 0 saturated carbocycles. The van der Waals surface area contributed by atoms with Crippen molar-refractivity contribution in [2.45, 2.75) is 12.5 Å². The average Bonchev–Trinajstić information content (AvgIpc) is 3.55. The number of hydrogen-bond donors (Lipinski definition) is 0. The number of hydrazone groups is 1. The number of amides is 2. The first-order valence-corrected chi connectivity index (χ1v) is 11.4. The van der Waals surface area contributed by atoms with Crippen LogP contribution in [-0.4, -0.2) is 54.9 Å². The lowest BCUT2D eigenvalue weighted by molar-refractivity contribution is -0.133. The fourth-order valence-electron chi connectivity index (χ4n) is 4.27. The number of carbonyl (C=O) groups excluding carboxylic acids is 2. The molecule has 3 aromatic rings. The fraction of sp³-hybridized carbons (Fsp3) is 0.222. The van der Waals surface area contributed by atoms with E-state index >= 15 is 0 Å². The number of likely N-dealkylation sites (N-methyl/N-ethyl adjacent to an activating group) is 1. The van der Waals surface area contributed by atoms with Crippen LogP contribution in [0.25, 0.3) is 0 Å². The van der Waals surface area contributed by atoms with Crippen molar-refractivity contribution in [3.8, 4) is 17.2 Å². The molecule has 8 nitrogen and oxygen atoms in total. The predicted octanol–water partition coefficient (Wildman–Crippen LogP) is 4.01. The number of methoxy groups -OCH3 is 1. The third-order valence-corrected chi connectivity index (χ3v) is 6.16. The maximum atomic E-state index is 13.6. The molecule has 9 heteroatoms. The highest BCUT2D eigenvalue weighted by atomic mass is 19.1. The average molecular weight is 490 g/mol. The van der Waals surface area contributed by atoms with E-state index in [1.165, 1.54) is 35.2 Å². The summed E-state index contributed by atoms with van der Waals surface area (Å²) in [6.45, 7) is -0.0809. The van der Waals surface area contributed by atoms with Gasteiger partial charge in [0.15, 0.2) is 11.5 Å². The minimum absolute atomic E-state index is 0.146. The van der Waals surface area contributed by atoms with Gasteiger partial charge < -0.3 is 19.1 Å². The fourth-order valence-corrected chi connectivity index (χ4v) is 4.27. The SMILES string of the molecule is COc1ccc(C2=NN(C(=O)CN(C)C(=O)c3cccc(F)c3)[C@H](c3ccc4c(c3)OCO4)C2)cc1. The van der Waals surface area contributed by atoms with Crippen molar-refractivity contribution in [1.82, 2.24) is 9.91 Å². The van der Waals surface area contributed by atoms with E-state index in [9.17, 15) is 14.0 Å². The minimum atomic E-state index is -0.517. The molecule has 0 aliphatic carbocycles. The predicted molar refractivity (Wildman–Crippen MR) is 130 cm³/mol. The molecule has 2 amide bonds. The molecule has 0 N–H and O–H groups in total. The topological polar surface area (TPSA) is 80.7 Å². The smallest absolute Gasteiger partial charge is 0.262 e. The first-order valence-electron chi connectivity index (χ1n) is 11.4. The lowest BCUT2D eigenvalue weighted by Crippen LogP contribution is -2.39. The molecule has 0 unspecified atom stereocenters. The van der Waals surface area contributed by atoms with Crippen LogP contribution in [0.3, 0.4) is 0 Å². The second-order valence-electron chi connectivity index (χ2n) is 8.52. The second kappa shape index (κ2) is 9.69. The highest BCUT2D eigenvalue weighted by Crippen LogP contribution is 2.39. The Morgan fingerprint density at radius 2 is 1.86 bits per heavy atom. The molecule has 0 spiro atoms. The number of rotatable bonds is 6. The number of nitrogens with zero attached hydrogens (tertiary/aromatic N) is 3. The van der Waals surface area contributed by atoms with Crippen LogP contribution < -0.4 is 14.2 Å². The minimum Gasteiger partial charge on any atom is -0.497 e. The Morgan fingerprint density at radius 1 is 1.08 bits per heavy atom. The van der Waals surface area contributed by atoms with Crippen molar-refractivity contribution in [2.24, 2.45) is 5.10 Å². The third-order valence-electron chi connectivity index (χ3n) is 6.16. The van der Waals surface area contributed by atoms with Crippen LogP contribution in [0.5, 0.6) is 17.2 Å². The highest BCUT2D eigenvalue weighted by molar-refractivity contribution is 6.03. The maximum absolute atomic E-state index is 13.6. The van der Waals surface area contributed by atoms with Gasteiger partial charge in [-0.25, -0.2) is 9.40 Å². The van der Waals surface area contributed by atoms with Gasteiger partial charge in [0.25, 0.3) is 11.8 Å². The van der Waals surface area contributed by atoms with Crippen molar-refractivity contribution in [1.29, 1.82) is 0 Å². The molecule has 36 heavy (non-hydrogen) atoms. The number of carbonyl (C=O) groups is 2. The van der Waals surface area contributed by atoms with Crippen LogP contribution >= 0.6 is 0 Å². The second-order valence-corrected chi connectivity index (χ2v) is 8.52. The summed E-state index contributed by atoms with van der Waals surface area (Å²) in [4.78, 5) is 27.5. The Kier molecular flexibility index (Phi) is 6.28. The largest absolute Gasteiger partial charge is 0.497 e. The highest BCUT2D eigenvalue weighted by Gasteiger charge is 2.35. The Bertz CT molecular complexity index is 1340. The molecular weight excluding hydrogens is 465 g/mol. The van der Waals surface area contributed by atoms with E-state index < -0.39 is 17.8 Å². The zero-order valence-electron chi connectivity index (χ0n) is 19.8. The Labute approximate surface area is 207 Å². The first-order chi connectivity index (χ1) is 17.4. The molecule has 0 bridgehead atoms. The number of hydrogen-bond acceptors (Lipinski definition) is 6. The summed E-state index contributed by atoms with van der Waals surface area (Å²) < 4.78 is 29.8. The first kappa shape index (κ1) is 23.3. The van der Waals surface area contributed by atoms with Crippen molar-refractivity contribution >= 4 is 17.5 Å². The van der Waals surface area contributed by atoms with E-state index in [1.54, 1.807) is 7.11 Å². The quantitative estimate of drug-likeness (QED) is 0.523. The van der Waals surface area contributed by atoms with E-state index in [1.807, 2.05) is 42.5 Å². The summed E-state index contributed by atoms with van der Waals surface area (Å²) >= 11 is 0. The van der Waals surface area contributed by atoms with E-state index in [2.05, 4.69) is 5.10 Å². The van der Waals surface area contributed by atoms with Gasteiger partial charge in [-0.2, -0.15) is 5.10 Å². The zero-order valence-corrected chi connectivity index (χ0v) is 19.8. The molecule has 5 rings (SSSR count). The lowest BCUT2D eigenvalue weighted by atomic mass is 9.98. The Hall–Kier alpha value is -4.40. The van der Waals surface area contributed by atoms with Gasteiger partial charge in [0.05, 0.1) is 18.9 Å². The Morgan fingerprint density at radius 3 is 2.61 bits per heavy atom. The molecule has 2 heterocycles. The summed E-state index contributed by atoms with van der Waals surface area (Å²) in [5.41, 5.74) is 2.59. The zero-order chi connectivity index (χ0) is 25.2. The monoisotopic (exact) mass is 489 g/mol. The normalized spacial score (nSPS) is 16.0. The number of benzene rings is 3. The van der Waals surface area contributed by atoms with Crippen molar-refractivity contribution < 1.29 is 28.2 Å². The van der Waals surface area contributed by atoms with E-state index in [-0.39, 0.29) is 24.8 Å². The van der Waals surface area contributed by atoms with Gasteiger partial charge in [0.2, 0.25) is 6.79 Å². The van der Waals surface area contributed by atoms with Crippen molar-refractivity contribution in [2.75, 3.05) is 27.5 Å². The molecule has 2 aliphatic rings. The van der Waals surface area contributed by atoms with E-state index in [0.717, 1.165) is 28.7 Å². The molecule has 1 atom stereocenters. The molecule has 2 aliphatic heterocycles. The van der Waals surface area contributed by atoms with Gasteiger partial charge in [-0.05, 0) is 65.7 Å². The van der Waals surface area contributed by atoms with Crippen molar-refractivity contribution in [3.63, 3.8) is 0 Å². The van der Waals surface area contributed by atoms with Crippen LogP contribution in [0.2, 0.25) is 0 Å². The van der Waals surface area contributed by atoms with E-state index in [0.29, 0.717) is 17.9 Å². The summed E-state index contributed by atoms with van der Waals surface area (Å²) in [7, 11) is 3.10. The lowest BCUT2D eigenvalue weighted by Gasteiger charge is -2.25. The van der Waals surface area contributed by atoms with Crippen LogP contribution in [0.4, 0.5) is 4.39 Å². The molecule has 0 radical (unpaired) electrons. The molecule has 0 saturated heterocycles. The number of fused-ring (bicyclic) bond motifs is 1. The van der Waals surface area contributed by atoms with Crippen LogP contribution in [0, 0.1) is 5.82 Å². The van der Waals surface area contributed by atoms with Gasteiger partial charge >= 0.3 is 0 Å². The summed E-state index contributed by atoms with van der Waals surface area (Å²) in [6, 6.07) is 18.0. The maximum Gasteiger partial charge on any atom is 0.262 e. The van der Waals surface area contributed by atoms with Gasteiger partial charge in [0.1, 0.15) is 18.1 Å². The van der Waals surface area contributed by atoms with Gasteiger partial charge in [-0.3, -0.25) is 9.59 Å². The molecule has 184 valence electrons. The Balaban J connectivity index is 1.41. The summed E-state index contributed by atoms with van der Waals surface area (Å²) in [5, 5.41) is 6.06. The number of ether oxygens (including phenoxy) is 3. The van der Waals surface area contributed by atoms with E-state index in [4.69, 9.17) is 14.2 Å². The van der Waals surface area contributed by atoms with Gasteiger partial charge in [-0.15, -0.1) is 0 Å². The molecular formula is C27H24FN3O5. The molecule has 0 aromatic heterocycles. The van der Waals surface area contributed by atoms with Crippen molar-refractivity contribution in [3.05, 3.63) is 89.2 Å². The van der Waals surface area contributed by atoms with Crippen LogP contribution in [0.15, 0.2) is 71.8 Å². The molecule has 0 fully saturated rings. The van der Waals surface area contributed by atoms with Crippen LogP contribution in [-0.2, 0) is 4.79 Å². The molecule has 3 aromatic carbocycles. The number of halogens is 1. The van der Waals surface area contributed by atoms with Gasteiger partial charge in [0, 0.05) is 19.0 Å². The standard InChI is InChI=1S/C27H24FN3O5/c1-30(27(33)19-4-3-5-20(28)12-19)15-26(32)31-23(18-8-11-24-25(13-18)36-16-35-24)14-22(29-31)17-6-9-21(34-2)10-7-17/h3-13,23H,14-16H2,1-2H3/t23-/m0/s1. The van der Waals surface area contributed by atoms with Crippen LogP contribution in [0.1, 0.15) is 33.9 Å². The summed E-state index contributed by atoms with van der Waals surface area (Å²) in [5.74, 6) is 0.629. The third kappa shape index (κ3) is 4.59.